The molecule has 4 nitrogen and oxygen atoms in total. The maximum atomic E-state index is 6.36. The first-order valence-electron chi connectivity index (χ1n) is 8.34. The van der Waals surface area contributed by atoms with Crippen LogP contribution in [0.5, 0.6) is 0 Å². The molecule has 132 valence electrons. The zero-order valence-electron chi connectivity index (χ0n) is 14.8. The van der Waals surface area contributed by atoms with Gasteiger partial charge < -0.3 is 4.57 Å². The van der Waals surface area contributed by atoms with Crippen LogP contribution in [0.4, 0.5) is 0 Å². The predicted octanol–water partition coefficient (Wildman–Crippen LogP) is 5.41. The summed E-state index contributed by atoms with van der Waals surface area (Å²) in [7, 11) is 1.94. The van der Waals surface area contributed by atoms with Crippen molar-refractivity contribution >= 4 is 34.2 Å². The average Bonchev–Trinajstić information content (AvgIpc) is 3.09. The molecule has 0 N–H and O–H groups in total. The van der Waals surface area contributed by atoms with E-state index in [1.165, 1.54) is 0 Å². The number of hydrogen-bond donors (Lipinski definition) is 0. The fourth-order valence-corrected chi connectivity index (χ4v) is 3.70. The van der Waals surface area contributed by atoms with Crippen molar-refractivity contribution in [3.05, 3.63) is 69.7 Å². The zero-order chi connectivity index (χ0) is 18.4. The van der Waals surface area contributed by atoms with Crippen molar-refractivity contribution in [2.75, 3.05) is 0 Å². The number of rotatable bonds is 3. The fraction of sp³-hybridized carbons (Fsp3) is 0.200. The van der Waals surface area contributed by atoms with Gasteiger partial charge in [0, 0.05) is 28.9 Å². The summed E-state index contributed by atoms with van der Waals surface area (Å²) in [4.78, 5) is 4.69. The molecule has 26 heavy (non-hydrogen) atoms. The van der Waals surface area contributed by atoms with Crippen LogP contribution in [0.25, 0.3) is 22.2 Å². The van der Waals surface area contributed by atoms with Crippen molar-refractivity contribution in [3.8, 4) is 11.1 Å². The third-order valence-corrected chi connectivity index (χ3v) is 5.20. The highest BCUT2D eigenvalue weighted by Crippen LogP contribution is 2.29. The standard InChI is InChI=1S/C20H18Cl2N4/c1-12-17(11-25(3)24-12)14-4-7-19-20(9-14)26(13(2)23-19)10-15-8-16(21)5-6-18(15)22/h4-9,11H,10H2,1-3H3. The Hall–Kier alpha value is -2.30. The molecule has 4 rings (SSSR count). The van der Waals surface area contributed by atoms with Gasteiger partial charge in [0.1, 0.15) is 5.82 Å². The third-order valence-electron chi connectivity index (χ3n) is 4.60. The first-order valence-corrected chi connectivity index (χ1v) is 9.09. The lowest BCUT2D eigenvalue weighted by molar-refractivity contribution is 0.756. The number of imidazole rings is 1. The van der Waals surface area contributed by atoms with Crippen LogP contribution in [0.1, 0.15) is 17.1 Å². The van der Waals surface area contributed by atoms with E-state index in [1.54, 1.807) is 6.07 Å². The van der Waals surface area contributed by atoms with Crippen LogP contribution < -0.4 is 0 Å². The lowest BCUT2D eigenvalue weighted by Crippen LogP contribution is -2.02. The molecule has 0 fully saturated rings. The molecule has 6 heteroatoms. The predicted molar refractivity (Wildman–Crippen MR) is 107 cm³/mol. The quantitative estimate of drug-likeness (QED) is 0.473. The number of fused-ring (bicyclic) bond motifs is 1. The van der Waals surface area contributed by atoms with Crippen molar-refractivity contribution in [2.45, 2.75) is 20.4 Å². The van der Waals surface area contributed by atoms with Gasteiger partial charge in [0.15, 0.2) is 0 Å². The van der Waals surface area contributed by atoms with E-state index < -0.39 is 0 Å². The number of aryl methyl sites for hydroxylation is 3. The van der Waals surface area contributed by atoms with Crippen molar-refractivity contribution < 1.29 is 0 Å². The van der Waals surface area contributed by atoms with E-state index in [0.29, 0.717) is 16.6 Å². The van der Waals surface area contributed by atoms with Gasteiger partial charge in [-0.1, -0.05) is 29.3 Å². The minimum absolute atomic E-state index is 0.622. The van der Waals surface area contributed by atoms with Gasteiger partial charge in [-0.2, -0.15) is 5.10 Å². The minimum Gasteiger partial charge on any atom is -0.324 e. The van der Waals surface area contributed by atoms with Crippen LogP contribution >= 0.6 is 23.2 Å². The van der Waals surface area contributed by atoms with E-state index in [9.17, 15) is 0 Å². The number of benzene rings is 2. The zero-order valence-corrected chi connectivity index (χ0v) is 16.3. The second-order valence-electron chi connectivity index (χ2n) is 6.49. The molecule has 0 aliphatic carbocycles. The second kappa shape index (κ2) is 6.45. The van der Waals surface area contributed by atoms with E-state index >= 15 is 0 Å². The first kappa shape index (κ1) is 17.1. The monoisotopic (exact) mass is 384 g/mol. The van der Waals surface area contributed by atoms with Gasteiger partial charge in [0.05, 0.1) is 23.3 Å². The Morgan fingerprint density at radius 2 is 1.85 bits per heavy atom. The Kier molecular flexibility index (Phi) is 4.25. The van der Waals surface area contributed by atoms with E-state index in [1.807, 2.05) is 43.9 Å². The van der Waals surface area contributed by atoms with Gasteiger partial charge in [-0.15, -0.1) is 0 Å². The molecule has 0 radical (unpaired) electrons. The van der Waals surface area contributed by atoms with Gasteiger partial charge in [-0.3, -0.25) is 4.68 Å². The van der Waals surface area contributed by atoms with Gasteiger partial charge in [-0.25, -0.2) is 4.98 Å². The summed E-state index contributed by atoms with van der Waals surface area (Å²) < 4.78 is 4.01. The highest BCUT2D eigenvalue weighted by molar-refractivity contribution is 6.33. The van der Waals surface area contributed by atoms with E-state index in [4.69, 9.17) is 23.2 Å². The van der Waals surface area contributed by atoms with Crippen LogP contribution in [0, 0.1) is 13.8 Å². The molecule has 4 aromatic rings. The molecule has 0 spiro atoms. The maximum absolute atomic E-state index is 6.36. The van der Waals surface area contributed by atoms with Crippen molar-refractivity contribution in [1.82, 2.24) is 19.3 Å². The number of halogens is 2. The van der Waals surface area contributed by atoms with Crippen molar-refractivity contribution in [2.24, 2.45) is 7.05 Å². The van der Waals surface area contributed by atoms with Crippen LogP contribution in [-0.2, 0) is 13.6 Å². The molecule has 0 saturated carbocycles. The molecule has 0 atom stereocenters. The van der Waals surface area contributed by atoms with Crippen LogP contribution in [0.3, 0.4) is 0 Å². The topological polar surface area (TPSA) is 35.6 Å². The highest BCUT2D eigenvalue weighted by atomic mass is 35.5. The van der Waals surface area contributed by atoms with Gasteiger partial charge in [0.2, 0.25) is 0 Å². The SMILES string of the molecule is Cc1nn(C)cc1-c1ccc2nc(C)n(Cc3cc(Cl)ccc3Cl)c2c1. The molecule has 2 aromatic heterocycles. The number of nitrogens with zero attached hydrogens (tertiary/aromatic N) is 4. The molecule has 0 bridgehead atoms. The normalized spacial score (nSPS) is 11.4. The molecule has 2 aromatic carbocycles. The van der Waals surface area contributed by atoms with Crippen molar-refractivity contribution in [3.63, 3.8) is 0 Å². The Bertz CT molecular complexity index is 1120. The fourth-order valence-electron chi connectivity index (χ4n) is 3.33. The second-order valence-corrected chi connectivity index (χ2v) is 7.33. The summed E-state index contributed by atoms with van der Waals surface area (Å²) in [6.45, 7) is 4.65. The number of aromatic nitrogens is 4. The first-order chi connectivity index (χ1) is 12.4. The summed E-state index contributed by atoms with van der Waals surface area (Å²) in [5.41, 5.74) is 6.27. The summed E-state index contributed by atoms with van der Waals surface area (Å²) in [5.74, 6) is 0.941. The molecule has 0 saturated heterocycles. The van der Waals surface area contributed by atoms with E-state index in [2.05, 4.69) is 32.8 Å². The maximum Gasteiger partial charge on any atom is 0.107 e. The molecular weight excluding hydrogens is 367 g/mol. The largest absolute Gasteiger partial charge is 0.324 e. The van der Waals surface area contributed by atoms with Gasteiger partial charge >= 0.3 is 0 Å². The smallest absolute Gasteiger partial charge is 0.107 e. The Morgan fingerprint density at radius 3 is 2.58 bits per heavy atom. The number of hydrogen-bond acceptors (Lipinski definition) is 2. The summed E-state index contributed by atoms with van der Waals surface area (Å²) in [6, 6.07) is 11.9. The molecular formula is C20H18Cl2N4. The Labute approximate surface area is 162 Å². The van der Waals surface area contributed by atoms with Crippen LogP contribution in [0.2, 0.25) is 10.0 Å². The van der Waals surface area contributed by atoms with Crippen LogP contribution in [0.15, 0.2) is 42.6 Å². The van der Waals surface area contributed by atoms with Gasteiger partial charge in [0.25, 0.3) is 0 Å². The Balaban J connectivity index is 1.84. The highest BCUT2D eigenvalue weighted by Gasteiger charge is 2.13. The molecule has 0 aliphatic rings. The molecule has 2 heterocycles. The van der Waals surface area contributed by atoms with Crippen molar-refractivity contribution in [1.29, 1.82) is 0 Å². The molecule has 0 amide bonds. The Morgan fingerprint density at radius 1 is 1.04 bits per heavy atom. The van der Waals surface area contributed by atoms with E-state index in [0.717, 1.165) is 39.2 Å². The van der Waals surface area contributed by atoms with Crippen LogP contribution in [-0.4, -0.2) is 19.3 Å². The summed E-state index contributed by atoms with van der Waals surface area (Å²) in [5, 5.41) is 5.83. The third kappa shape index (κ3) is 3.00. The lowest BCUT2D eigenvalue weighted by atomic mass is 10.1. The molecule has 0 aliphatic heterocycles. The minimum atomic E-state index is 0.622. The van der Waals surface area contributed by atoms with Gasteiger partial charge in [-0.05, 0) is 55.3 Å². The molecule has 0 unspecified atom stereocenters. The average molecular weight is 385 g/mol. The van der Waals surface area contributed by atoms with E-state index in [-0.39, 0.29) is 0 Å². The summed E-state index contributed by atoms with van der Waals surface area (Å²) in [6.07, 6.45) is 2.04. The summed E-state index contributed by atoms with van der Waals surface area (Å²) >= 11 is 12.5. The lowest BCUT2D eigenvalue weighted by Gasteiger charge is -2.10.